The van der Waals surface area contributed by atoms with Gasteiger partial charge in [-0.3, -0.25) is 4.90 Å². The van der Waals surface area contributed by atoms with Crippen LogP contribution >= 0.6 is 39.0 Å². The number of ether oxygens (including phenoxy) is 1. The lowest BCUT2D eigenvalue weighted by Crippen LogP contribution is -2.65. The highest BCUT2D eigenvalue weighted by atomic mass is 79.9. The number of piperidine rings is 3. The maximum atomic E-state index is 13.5. The molecule has 3 aromatic rings. The predicted octanol–water partition coefficient (Wildman–Crippen LogP) is 7.06. The normalized spacial score (nSPS) is 23.6. The fourth-order valence-corrected chi connectivity index (χ4v) is 7.73. The molecule has 3 saturated heterocycles. The van der Waals surface area contributed by atoms with Gasteiger partial charge in [-0.2, -0.15) is 0 Å². The van der Waals surface area contributed by atoms with E-state index in [1.807, 2.05) is 48.2 Å². The summed E-state index contributed by atoms with van der Waals surface area (Å²) in [5.74, 6) is 1.58. The van der Waals surface area contributed by atoms with Crippen LogP contribution in [0, 0.1) is 5.92 Å². The molecule has 0 radical (unpaired) electrons. The average molecular weight is 559 g/mol. The minimum atomic E-state index is -0.230. The number of fused-ring (bicyclic) bond motifs is 3. The molecule has 0 N–H and O–H groups in total. The van der Waals surface area contributed by atoms with Crippen molar-refractivity contribution < 1.29 is 14.0 Å². The van der Waals surface area contributed by atoms with Gasteiger partial charge in [0.05, 0.1) is 30.0 Å². The molecule has 178 valence electrons. The third kappa shape index (κ3) is 5.70. The number of thiophene rings is 1. The van der Waals surface area contributed by atoms with Crippen LogP contribution in [0.1, 0.15) is 17.7 Å². The lowest BCUT2D eigenvalue weighted by Gasteiger charge is -2.52. The molecule has 0 saturated carbocycles. The predicted molar refractivity (Wildman–Crippen MR) is 145 cm³/mol. The summed E-state index contributed by atoms with van der Waals surface area (Å²) in [5.41, 5.74) is 0.876. The van der Waals surface area contributed by atoms with Crippen molar-refractivity contribution in [1.82, 2.24) is 0 Å². The van der Waals surface area contributed by atoms with Crippen LogP contribution in [0.5, 0.6) is 0 Å². The van der Waals surface area contributed by atoms with Crippen molar-refractivity contribution in [2.45, 2.75) is 30.4 Å². The molecule has 1 aromatic heterocycles. The van der Waals surface area contributed by atoms with E-state index >= 15 is 0 Å². The lowest BCUT2D eigenvalue weighted by molar-refractivity contribution is -0.943. The molecule has 3 aliphatic rings. The Morgan fingerprint density at radius 1 is 1.03 bits per heavy atom. The van der Waals surface area contributed by atoms with E-state index in [1.165, 1.54) is 18.0 Å². The summed E-state index contributed by atoms with van der Waals surface area (Å²) < 4.78 is 8.42. The largest absolute Gasteiger partial charge is 0.440 e. The van der Waals surface area contributed by atoms with Crippen LogP contribution in [-0.2, 0) is 11.3 Å². The summed E-state index contributed by atoms with van der Waals surface area (Å²) in [4.78, 5) is 17.7. The number of para-hydroxylation sites is 1. The number of benzene rings is 2. The molecule has 6 rings (SSSR count). The molecule has 2 bridgehead atoms. The van der Waals surface area contributed by atoms with Crippen LogP contribution < -0.4 is 4.90 Å². The first kappa shape index (κ1) is 23.9. The topological polar surface area (TPSA) is 29.5 Å². The number of hydrogen-bond acceptors (Lipinski definition) is 4. The third-order valence-electron chi connectivity index (χ3n) is 7.10. The first-order valence-electron chi connectivity index (χ1n) is 11.9. The van der Waals surface area contributed by atoms with E-state index in [-0.39, 0.29) is 12.2 Å². The average Bonchev–Trinajstić information content (AvgIpc) is 3.29. The number of carbonyl (C=O) groups is 1. The van der Waals surface area contributed by atoms with Crippen LogP contribution in [0.15, 0.2) is 81.5 Å². The van der Waals surface area contributed by atoms with Crippen LogP contribution in [0.4, 0.5) is 10.5 Å². The zero-order valence-electron chi connectivity index (χ0n) is 19.1. The number of amides is 1. The molecule has 3 aliphatic heterocycles. The second-order valence-electron chi connectivity index (χ2n) is 9.24. The zero-order valence-corrected chi connectivity index (χ0v) is 22.4. The minimum Gasteiger partial charge on any atom is -0.440 e. The summed E-state index contributed by atoms with van der Waals surface area (Å²) >= 11 is 7.12. The van der Waals surface area contributed by atoms with Crippen molar-refractivity contribution in [3.63, 3.8) is 0 Å². The number of quaternary nitrogens is 1. The Morgan fingerprint density at radius 3 is 2.41 bits per heavy atom. The molecule has 34 heavy (non-hydrogen) atoms. The molecule has 4 heterocycles. The number of thioether (sulfide) groups is 1. The summed E-state index contributed by atoms with van der Waals surface area (Å²) in [5, 5.41) is 0. The van der Waals surface area contributed by atoms with Crippen molar-refractivity contribution in [3.8, 4) is 0 Å². The summed E-state index contributed by atoms with van der Waals surface area (Å²) in [6.45, 7) is 5.01. The van der Waals surface area contributed by atoms with Gasteiger partial charge >= 0.3 is 6.09 Å². The highest BCUT2D eigenvalue weighted by Crippen LogP contribution is 2.37. The third-order valence-corrected chi connectivity index (χ3v) is 9.70. The van der Waals surface area contributed by atoms with Gasteiger partial charge in [0, 0.05) is 40.0 Å². The number of carbonyl (C=O) groups excluding carboxylic acids is 1. The Bertz CT molecular complexity index is 1080. The smallest absolute Gasteiger partial charge is 0.415 e. The molecule has 1 amide bonds. The van der Waals surface area contributed by atoms with Crippen molar-refractivity contribution in [2.24, 2.45) is 5.92 Å². The number of hydrogen-bond donors (Lipinski definition) is 0. The number of halogens is 1. The van der Waals surface area contributed by atoms with Crippen molar-refractivity contribution in [3.05, 3.63) is 81.5 Å². The number of nitrogens with zero attached hydrogens (tertiary/aromatic N) is 2. The molecule has 4 nitrogen and oxygen atoms in total. The van der Waals surface area contributed by atoms with E-state index in [4.69, 9.17) is 4.74 Å². The maximum absolute atomic E-state index is 13.5. The number of anilines is 1. The quantitative estimate of drug-likeness (QED) is 0.219. The van der Waals surface area contributed by atoms with Crippen LogP contribution in [0.25, 0.3) is 0 Å². The first-order valence-corrected chi connectivity index (χ1v) is 14.5. The van der Waals surface area contributed by atoms with Gasteiger partial charge < -0.3 is 9.22 Å². The van der Waals surface area contributed by atoms with Crippen molar-refractivity contribution in [1.29, 1.82) is 0 Å². The van der Waals surface area contributed by atoms with E-state index in [1.54, 1.807) is 16.2 Å². The second-order valence-corrected chi connectivity index (χ2v) is 13.0. The molecule has 0 unspecified atom stereocenters. The SMILES string of the molecule is O=C(O[C@H]1C[N+]2(CCSc3ccccc3)CCC1CC2)N(Cc1ccc(Br)s1)c1ccccc1. The van der Waals surface area contributed by atoms with Crippen LogP contribution in [0.3, 0.4) is 0 Å². The van der Waals surface area contributed by atoms with Gasteiger partial charge in [-0.05, 0) is 52.3 Å². The Kier molecular flexibility index (Phi) is 7.64. The van der Waals surface area contributed by atoms with Crippen LogP contribution in [0.2, 0.25) is 0 Å². The van der Waals surface area contributed by atoms with Gasteiger partial charge in [0.1, 0.15) is 6.54 Å². The molecule has 2 aromatic carbocycles. The standard InChI is InChI=1S/C27H30BrN2O2S2/c28-26-12-11-24(34-26)19-29(22-7-3-1-4-8-22)27(31)32-25-20-30(15-13-21(25)14-16-30)17-18-33-23-9-5-2-6-10-23/h1-12,21,25H,13-20H2/q+1/t21?,25-,30?/m0/s1. The van der Waals surface area contributed by atoms with Crippen molar-refractivity contribution >= 4 is 50.8 Å². The van der Waals surface area contributed by atoms with Gasteiger partial charge in [-0.25, -0.2) is 4.79 Å². The Labute approximate surface area is 218 Å². The van der Waals surface area contributed by atoms with E-state index in [0.717, 1.165) is 50.5 Å². The molecule has 1 atom stereocenters. The zero-order chi connectivity index (χ0) is 23.4. The minimum absolute atomic E-state index is 0.00184. The molecule has 0 aliphatic carbocycles. The first-order chi connectivity index (χ1) is 16.6. The molecule has 3 fully saturated rings. The summed E-state index contributed by atoms with van der Waals surface area (Å²) in [6, 6.07) is 24.6. The van der Waals surface area contributed by atoms with Crippen molar-refractivity contribution in [2.75, 3.05) is 36.8 Å². The Balaban J connectivity index is 1.25. The second kappa shape index (κ2) is 10.9. The van der Waals surface area contributed by atoms with Gasteiger partial charge in [0.15, 0.2) is 6.10 Å². The molecular weight excluding hydrogens is 528 g/mol. The van der Waals surface area contributed by atoms with Gasteiger partial charge in [0.25, 0.3) is 0 Å². The highest BCUT2D eigenvalue weighted by molar-refractivity contribution is 9.11. The fourth-order valence-electron chi connectivity index (χ4n) is 5.20. The van der Waals surface area contributed by atoms with E-state index in [0.29, 0.717) is 12.5 Å². The van der Waals surface area contributed by atoms with E-state index in [2.05, 4.69) is 52.3 Å². The van der Waals surface area contributed by atoms with Gasteiger partial charge in [-0.15, -0.1) is 23.1 Å². The molecule has 7 heteroatoms. The van der Waals surface area contributed by atoms with E-state index in [9.17, 15) is 4.79 Å². The highest BCUT2D eigenvalue weighted by Gasteiger charge is 2.47. The van der Waals surface area contributed by atoms with Crippen LogP contribution in [-0.4, -0.2) is 48.6 Å². The Hall–Kier alpha value is -1.80. The van der Waals surface area contributed by atoms with Gasteiger partial charge in [-0.1, -0.05) is 36.4 Å². The molecular formula is C27H30BrN2O2S2+. The lowest BCUT2D eigenvalue weighted by atomic mass is 9.83. The van der Waals surface area contributed by atoms with E-state index < -0.39 is 0 Å². The monoisotopic (exact) mass is 557 g/mol. The molecule has 0 spiro atoms. The summed E-state index contributed by atoms with van der Waals surface area (Å²) in [7, 11) is 0. The maximum Gasteiger partial charge on any atom is 0.415 e. The summed E-state index contributed by atoms with van der Waals surface area (Å²) in [6.07, 6.45) is 2.07. The Morgan fingerprint density at radius 2 is 1.74 bits per heavy atom. The van der Waals surface area contributed by atoms with Gasteiger partial charge in [0.2, 0.25) is 0 Å². The fraction of sp³-hybridized carbons (Fsp3) is 0.370. The number of rotatable bonds is 8.